The topological polar surface area (TPSA) is 64.7 Å². The minimum absolute atomic E-state index is 0.0688. The average molecular weight is 463 g/mol. The first kappa shape index (κ1) is 24.1. The van der Waals surface area contributed by atoms with Crippen molar-refractivity contribution in [1.29, 1.82) is 0 Å². The fraction of sp³-hybridized carbons (Fsp3) is 0.500. The zero-order valence-corrected chi connectivity index (χ0v) is 21.0. The lowest BCUT2D eigenvalue weighted by Gasteiger charge is -2.35. The number of anilines is 3. The van der Waals surface area contributed by atoms with Gasteiger partial charge in [-0.15, -0.1) is 0 Å². The Kier molecular flexibility index (Phi) is 7.44. The van der Waals surface area contributed by atoms with E-state index >= 15 is 0 Å². The normalized spacial score (nSPS) is 17.5. The summed E-state index contributed by atoms with van der Waals surface area (Å²) in [4.78, 5) is 30.7. The highest BCUT2D eigenvalue weighted by molar-refractivity contribution is 6.04. The summed E-state index contributed by atoms with van der Waals surface area (Å²) in [5, 5.41) is 5.92. The van der Waals surface area contributed by atoms with Crippen LogP contribution >= 0.6 is 0 Å². The van der Waals surface area contributed by atoms with Crippen LogP contribution in [0.2, 0.25) is 0 Å². The van der Waals surface area contributed by atoms with E-state index in [0.717, 1.165) is 74.4 Å². The van der Waals surface area contributed by atoms with Gasteiger partial charge in [0.05, 0.1) is 5.56 Å². The minimum atomic E-state index is -0.304. The van der Waals surface area contributed by atoms with E-state index in [-0.39, 0.29) is 11.9 Å². The van der Waals surface area contributed by atoms with E-state index in [1.807, 2.05) is 55.1 Å². The molecule has 0 unspecified atom stereocenters. The molecule has 3 amide bonds. The van der Waals surface area contributed by atoms with Crippen LogP contribution in [0.25, 0.3) is 0 Å². The van der Waals surface area contributed by atoms with Gasteiger partial charge >= 0.3 is 6.03 Å². The molecule has 2 aromatic carbocycles. The number of hydrogen-bond donors (Lipinski definition) is 2. The van der Waals surface area contributed by atoms with Gasteiger partial charge in [-0.1, -0.05) is 32.0 Å². The maximum absolute atomic E-state index is 13.6. The third kappa shape index (κ3) is 5.54. The number of nitrogens with zero attached hydrogens (tertiary/aromatic N) is 2. The quantitative estimate of drug-likeness (QED) is 0.581. The SMILES string of the molecule is Cc1cccc(C)c1NC(=O)Nc1ccc(N2CCC(C)CC2)c(C(=O)N2CCC(C)CC2)c1. The second kappa shape index (κ2) is 10.5. The Morgan fingerprint density at radius 3 is 2.03 bits per heavy atom. The van der Waals surface area contributed by atoms with Crippen LogP contribution in [-0.2, 0) is 0 Å². The van der Waals surface area contributed by atoms with Crippen molar-refractivity contribution < 1.29 is 9.59 Å². The molecule has 2 heterocycles. The highest BCUT2D eigenvalue weighted by Gasteiger charge is 2.27. The molecular weight excluding hydrogens is 424 g/mol. The Balaban J connectivity index is 1.57. The molecule has 182 valence electrons. The number of carbonyl (C=O) groups excluding carboxylic acids is 2. The van der Waals surface area contributed by atoms with Gasteiger partial charge in [-0.25, -0.2) is 4.79 Å². The molecule has 0 aromatic heterocycles. The Bertz CT molecular complexity index is 1010. The van der Waals surface area contributed by atoms with Crippen molar-refractivity contribution in [1.82, 2.24) is 4.90 Å². The number of urea groups is 1. The fourth-order valence-electron chi connectivity index (χ4n) is 4.98. The maximum Gasteiger partial charge on any atom is 0.323 e. The average Bonchev–Trinajstić information content (AvgIpc) is 2.82. The van der Waals surface area contributed by atoms with Crippen molar-refractivity contribution >= 4 is 29.0 Å². The molecule has 0 aliphatic carbocycles. The zero-order chi connectivity index (χ0) is 24.2. The van der Waals surface area contributed by atoms with Crippen LogP contribution in [0.4, 0.5) is 21.9 Å². The van der Waals surface area contributed by atoms with E-state index in [1.165, 1.54) is 0 Å². The number of likely N-dealkylation sites (tertiary alicyclic amines) is 1. The van der Waals surface area contributed by atoms with Gasteiger partial charge in [-0.05, 0) is 80.7 Å². The van der Waals surface area contributed by atoms with Crippen LogP contribution in [0, 0.1) is 25.7 Å². The molecule has 34 heavy (non-hydrogen) atoms. The number of aryl methyl sites for hydroxylation is 2. The molecule has 4 rings (SSSR count). The van der Waals surface area contributed by atoms with Crippen molar-refractivity contribution in [2.45, 2.75) is 53.4 Å². The summed E-state index contributed by atoms with van der Waals surface area (Å²) in [6.07, 6.45) is 4.34. The van der Waals surface area contributed by atoms with E-state index in [2.05, 4.69) is 29.4 Å². The van der Waals surface area contributed by atoms with E-state index in [4.69, 9.17) is 0 Å². The van der Waals surface area contributed by atoms with Crippen molar-refractivity contribution in [3.63, 3.8) is 0 Å². The number of amides is 3. The molecule has 0 saturated carbocycles. The molecule has 2 saturated heterocycles. The Morgan fingerprint density at radius 1 is 0.824 bits per heavy atom. The monoisotopic (exact) mass is 462 g/mol. The van der Waals surface area contributed by atoms with Crippen LogP contribution < -0.4 is 15.5 Å². The fourth-order valence-corrected chi connectivity index (χ4v) is 4.98. The molecule has 0 bridgehead atoms. The Hall–Kier alpha value is -3.02. The zero-order valence-electron chi connectivity index (χ0n) is 21.0. The maximum atomic E-state index is 13.6. The molecule has 2 aliphatic heterocycles. The Morgan fingerprint density at radius 2 is 1.41 bits per heavy atom. The number of benzene rings is 2. The van der Waals surface area contributed by atoms with E-state index in [9.17, 15) is 9.59 Å². The second-order valence-corrected chi connectivity index (χ2v) is 10.2. The standard InChI is InChI=1S/C28H38N4O2/c1-19-10-14-31(15-11-19)25-9-8-23(18-24(25)27(33)32-16-12-20(2)13-17-32)29-28(34)30-26-21(3)6-5-7-22(26)4/h5-9,18-20H,10-17H2,1-4H3,(H2,29,30,34). The summed E-state index contributed by atoms with van der Waals surface area (Å²) < 4.78 is 0. The first-order chi connectivity index (χ1) is 16.3. The second-order valence-electron chi connectivity index (χ2n) is 10.2. The van der Waals surface area contributed by atoms with Crippen molar-refractivity contribution in [2.24, 2.45) is 11.8 Å². The molecule has 2 aliphatic rings. The molecular formula is C28H38N4O2. The molecule has 0 atom stereocenters. The highest BCUT2D eigenvalue weighted by atomic mass is 16.2. The number of para-hydroxylation sites is 1. The van der Waals surface area contributed by atoms with Crippen LogP contribution in [0.1, 0.15) is 61.0 Å². The lowest BCUT2D eigenvalue weighted by atomic mass is 9.96. The summed E-state index contributed by atoms with van der Waals surface area (Å²) in [5.74, 6) is 1.45. The number of carbonyl (C=O) groups is 2. The lowest BCUT2D eigenvalue weighted by Crippen LogP contribution is -2.40. The van der Waals surface area contributed by atoms with Crippen LogP contribution in [-0.4, -0.2) is 43.0 Å². The van der Waals surface area contributed by atoms with Gasteiger partial charge in [0.25, 0.3) is 5.91 Å². The molecule has 6 nitrogen and oxygen atoms in total. The summed E-state index contributed by atoms with van der Waals surface area (Å²) >= 11 is 0. The molecule has 0 spiro atoms. The third-order valence-electron chi connectivity index (χ3n) is 7.40. The molecule has 0 radical (unpaired) electrons. The third-order valence-corrected chi connectivity index (χ3v) is 7.40. The van der Waals surface area contributed by atoms with Gasteiger partial charge in [0.1, 0.15) is 0 Å². The van der Waals surface area contributed by atoms with Gasteiger partial charge in [-0.2, -0.15) is 0 Å². The van der Waals surface area contributed by atoms with Crippen LogP contribution in [0.3, 0.4) is 0 Å². The molecule has 2 fully saturated rings. The van der Waals surface area contributed by atoms with E-state index < -0.39 is 0 Å². The number of nitrogens with one attached hydrogen (secondary N) is 2. The van der Waals surface area contributed by atoms with Crippen LogP contribution in [0.5, 0.6) is 0 Å². The highest BCUT2D eigenvalue weighted by Crippen LogP contribution is 2.31. The predicted octanol–water partition coefficient (Wildman–Crippen LogP) is 6.06. The van der Waals surface area contributed by atoms with E-state index in [1.54, 1.807) is 0 Å². The van der Waals surface area contributed by atoms with Crippen LogP contribution in [0.15, 0.2) is 36.4 Å². The van der Waals surface area contributed by atoms with Gasteiger partial charge in [0.15, 0.2) is 0 Å². The summed E-state index contributed by atoms with van der Waals surface area (Å²) in [5.41, 5.74) is 5.15. The minimum Gasteiger partial charge on any atom is -0.371 e. The first-order valence-corrected chi connectivity index (χ1v) is 12.6. The summed E-state index contributed by atoms with van der Waals surface area (Å²) in [6.45, 7) is 12.0. The first-order valence-electron chi connectivity index (χ1n) is 12.6. The summed E-state index contributed by atoms with van der Waals surface area (Å²) in [7, 11) is 0. The van der Waals surface area contributed by atoms with Crippen molar-refractivity contribution in [2.75, 3.05) is 41.7 Å². The lowest BCUT2D eigenvalue weighted by molar-refractivity contribution is 0.0697. The molecule has 2 N–H and O–H groups in total. The van der Waals surface area contributed by atoms with Crippen molar-refractivity contribution in [3.05, 3.63) is 53.1 Å². The molecule has 2 aromatic rings. The number of piperidine rings is 2. The van der Waals surface area contributed by atoms with Gasteiger partial charge in [0.2, 0.25) is 0 Å². The van der Waals surface area contributed by atoms with Gasteiger partial charge < -0.3 is 20.4 Å². The van der Waals surface area contributed by atoms with E-state index in [0.29, 0.717) is 23.1 Å². The largest absolute Gasteiger partial charge is 0.371 e. The number of rotatable bonds is 4. The molecule has 6 heteroatoms. The number of hydrogen-bond acceptors (Lipinski definition) is 3. The summed E-state index contributed by atoms with van der Waals surface area (Å²) in [6, 6.07) is 11.4. The Labute approximate surface area is 203 Å². The van der Waals surface area contributed by atoms with Crippen molar-refractivity contribution in [3.8, 4) is 0 Å². The predicted molar refractivity (Wildman–Crippen MR) is 140 cm³/mol. The smallest absolute Gasteiger partial charge is 0.323 e. The van der Waals surface area contributed by atoms with Gasteiger partial charge in [0, 0.05) is 43.2 Å². The van der Waals surface area contributed by atoms with Gasteiger partial charge in [-0.3, -0.25) is 4.79 Å².